The minimum absolute atomic E-state index is 0.0118. The Morgan fingerprint density at radius 1 is 1.14 bits per heavy atom. The Morgan fingerprint density at radius 2 is 1.86 bits per heavy atom. The molecule has 0 saturated carbocycles. The summed E-state index contributed by atoms with van der Waals surface area (Å²) < 4.78 is 4.95. The van der Waals surface area contributed by atoms with Crippen LogP contribution in [0.5, 0.6) is 0 Å². The number of ketones is 1. The number of carbonyl (C=O) groups excluding carboxylic acids is 2. The molecule has 0 unspecified atom stereocenters. The lowest BCUT2D eigenvalue weighted by molar-refractivity contribution is -0.121. The topological polar surface area (TPSA) is 72.2 Å². The molecule has 0 saturated heterocycles. The molecule has 0 radical (unpaired) electrons. The van der Waals surface area contributed by atoms with E-state index in [9.17, 15) is 9.59 Å². The molecule has 2 rings (SSSR count). The molecule has 0 aliphatic heterocycles. The summed E-state index contributed by atoms with van der Waals surface area (Å²) in [5.74, 6) is 0.618. The molecular weight excluding hydrogens is 280 g/mol. The summed E-state index contributed by atoms with van der Waals surface area (Å²) in [5, 5.41) is 6.64. The van der Waals surface area contributed by atoms with Gasteiger partial charge >= 0.3 is 0 Å². The van der Waals surface area contributed by atoms with Gasteiger partial charge in [0, 0.05) is 37.4 Å². The van der Waals surface area contributed by atoms with E-state index in [4.69, 9.17) is 4.52 Å². The molecule has 0 aliphatic rings. The van der Waals surface area contributed by atoms with Gasteiger partial charge in [-0.05, 0) is 13.8 Å². The summed E-state index contributed by atoms with van der Waals surface area (Å²) >= 11 is 0. The molecule has 1 heterocycles. The van der Waals surface area contributed by atoms with Crippen LogP contribution in [0.4, 0.5) is 0 Å². The third kappa shape index (κ3) is 4.84. The summed E-state index contributed by atoms with van der Waals surface area (Å²) in [6.45, 7) is 4.29. The highest BCUT2D eigenvalue weighted by Crippen LogP contribution is 2.07. The number of aromatic nitrogens is 1. The lowest BCUT2D eigenvalue weighted by Gasteiger charge is -2.04. The zero-order valence-corrected chi connectivity index (χ0v) is 12.9. The van der Waals surface area contributed by atoms with Crippen LogP contribution in [-0.2, 0) is 11.2 Å². The molecule has 116 valence electrons. The summed E-state index contributed by atoms with van der Waals surface area (Å²) in [4.78, 5) is 23.7. The molecule has 0 fully saturated rings. The Hall–Kier alpha value is -2.43. The number of rotatable bonds is 7. The fraction of sp³-hybridized carbons (Fsp3) is 0.353. The maximum Gasteiger partial charge on any atom is 0.220 e. The Kier molecular flexibility index (Phi) is 5.47. The second kappa shape index (κ2) is 7.54. The number of nitrogens with one attached hydrogen (secondary N) is 1. The lowest BCUT2D eigenvalue weighted by atomic mass is 10.1. The van der Waals surface area contributed by atoms with E-state index in [0.29, 0.717) is 18.5 Å². The molecular formula is C17H20N2O3. The largest absolute Gasteiger partial charge is 0.361 e. The summed E-state index contributed by atoms with van der Waals surface area (Å²) in [6.07, 6.45) is 1.04. The summed E-state index contributed by atoms with van der Waals surface area (Å²) in [7, 11) is 0. The predicted octanol–water partition coefficient (Wildman–Crippen LogP) is 2.61. The van der Waals surface area contributed by atoms with Crippen molar-refractivity contribution in [2.75, 3.05) is 6.54 Å². The molecule has 0 bridgehead atoms. The third-order valence-corrected chi connectivity index (χ3v) is 3.33. The molecule has 1 N–H and O–H groups in total. The van der Waals surface area contributed by atoms with Crippen LogP contribution in [0.2, 0.25) is 0 Å². The van der Waals surface area contributed by atoms with Gasteiger partial charge in [-0.15, -0.1) is 0 Å². The smallest absolute Gasteiger partial charge is 0.220 e. The number of nitrogens with zero attached hydrogens (tertiary/aromatic N) is 1. The highest BCUT2D eigenvalue weighted by atomic mass is 16.5. The van der Waals surface area contributed by atoms with Crippen molar-refractivity contribution in [2.45, 2.75) is 33.1 Å². The number of aryl methyl sites for hydroxylation is 2. The molecule has 1 aromatic heterocycles. The SMILES string of the molecule is Cc1ccc(C(=O)CCC(=O)NCCc2cc(C)on2)cc1. The van der Waals surface area contributed by atoms with E-state index < -0.39 is 0 Å². The van der Waals surface area contributed by atoms with E-state index in [1.807, 2.05) is 32.0 Å². The first-order chi connectivity index (χ1) is 10.5. The van der Waals surface area contributed by atoms with Crippen molar-refractivity contribution in [1.29, 1.82) is 0 Å². The number of amides is 1. The van der Waals surface area contributed by atoms with Gasteiger partial charge in [0.25, 0.3) is 0 Å². The average Bonchev–Trinajstić information content (AvgIpc) is 2.91. The Labute approximate surface area is 129 Å². The van der Waals surface area contributed by atoms with Crippen LogP contribution in [0.3, 0.4) is 0 Å². The zero-order chi connectivity index (χ0) is 15.9. The highest BCUT2D eigenvalue weighted by Gasteiger charge is 2.09. The van der Waals surface area contributed by atoms with Gasteiger partial charge in [-0.1, -0.05) is 35.0 Å². The van der Waals surface area contributed by atoms with Gasteiger partial charge in [0.15, 0.2) is 5.78 Å². The predicted molar refractivity (Wildman–Crippen MR) is 82.7 cm³/mol. The number of hydrogen-bond acceptors (Lipinski definition) is 4. The number of benzene rings is 1. The maximum absolute atomic E-state index is 12.0. The van der Waals surface area contributed by atoms with E-state index in [0.717, 1.165) is 17.0 Å². The zero-order valence-electron chi connectivity index (χ0n) is 12.9. The van der Waals surface area contributed by atoms with Crippen molar-refractivity contribution < 1.29 is 14.1 Å². The molecule has 1 aromatic carbocycles. The van der Waals surface area contributed by atoms with Crippen LogP contribution in [0, 0.1) is 13.8 Å². The van der Waals surface area contributed by atoms with Crippen molar-refractivity contribution in [3.63, 3.8) is 0 Å². The molecule has 0 atom stereocenters. The molecule has 0 spiro atoms. The number of Topliss-reactive ketones (excluding diaryl/α,β-unsaturated/α-hetero) is 1. The summed E-state index contributed by atoms with van der Waals surface area (Å²) in [5.41, 5.74) is 2.57. The minimum Gasteiger partial charge on any atom is -0.361 e. The van der Waals surface area contributed by atoms with Gasteiger partial charge in [0.05, 0.1) is 5.69 Å². The van der Waals surface area contributed by atoms with Gasteiger partial charge in [0.2, 0.25) is 5.91 Å². The molecule has 2 aromatic rings. The highest BCUT2D eigenvalue weighted by molar-refractivity contribution is 5.97. The second-order valence-corrected chi connectivity index (χ2v) is 5.32. The van der Waals surface area contributed by atoms with Crippen molar-refractivity contribution in [2.24, 2.45) is 0 Å². The van der Waals surface area contributed by atoms with Crippen LogP contribution in [-0.4, -0.2) is 23.4 Å². The Morgan fingerprint density at radius 3 is 2.50 bits per heavy atom. The Bertz CT molecular complexity index is 644. The maximum atomic E-state index is 12.0. The molecule has 5 heteroatoms. The van der Waals surface area contributed by atoms with E-state index in [1.54, 1.807) is 12.1 Å². The van der Waals surface area contributed by atoms with E-state index >= 15 is 0 Å². The monoisotopic (exact) mass is 300 g/mol. The van der Waals surface area contributed by atoms with Gasteiger partial charge in [-0.25, -0.2) is 0 Å². The molecule has 5 nitrogen and oxygen atoms in total. The van der Waals surface area contributed by atoms with Crippen molar-refractivity contribution >= 4 is 11.7 Å². The molecule has 1 amide bonds. The fourth-order valence-electron chi connectivity index (χ4n) is 2.07. The molecule has 0 aliphatic carbocycles. The molecule has 22 heavy (non-hydrogen) atoms. The van der Waals surface area contributed by atoms with Crippen LogP contribution in [0.15, 0.2) is 34.9 Å². The van der Waals surface area contributed by atoms with E-state index in [-0.39, 0.29) is 24.5 Å². The van der Waals surface area contributed by atoms with Crippen molar-refractivity contribution in [3.05, 3.63) is 52.9 Å². The number of hydrogen-bond donors (Lipinski definition) is 1. The van der Waals surface area contributed by atoms with Crippen LogP contribution in [0.1, 0.15) is 40.2 Å². The minimum atomic E-state index is -0.124. The normalized spacial score (nSPS) is 10.5. The number of carbonyl (C=O) groups is 2. The van der Waals surface area contributed by atoms with Gasteiger partial charge in [-0.3, -0.25) is 9.59 Å². The van der Waals surface area contributed by atoms with Crippen LogP contribution >= 0.6 is 0 Å². The first-order valence-electron chi connectivity index (χ1n) is 7.33. The third-order valence-electron chi connectivity index (χ3n) is 3.33. The van der Waals surface area contributed by atoms with Crippen molar-refractivity contribution in [1.82, 2.24) is 10.5 Å². The second-order valence-electron chi connectivity index (χ2n) is 5.32. The lowest BCUT2D eigenvalue weighted by Crippen LogP contribution is -2.26. The fourth-order valence-corrected chi connectivity index (χ4v) is 2.07. The van der Waals surface area contributed by atoms with Gasteiger partial charge in [0.1, 0.15) is 5.76 Å². The standard InChI is InChI=1S/C17H20N2O3/c1-12-3-5-14(6-4-12)16(20)7-8-17(21)18-10-9-15-11-13(2)22-19-15/h3-6,11H,7-10H2,1-2H3,(H,18,21). The quantitative estimate of drug-likeness (QED) is 0.798. The first kappa shape index (κ1) is 15.9. The Balaban J connectivity index is 1.68. The average molecular weight is 300 g/mol. The van der Waals surface area contributed by atoms with Crippen LogP contribution < -0.4 is 5.32 Å². The summed E-state index contributed by atoms with van der Waals surface area (Å²) in [6, 6.07) is 9.22. The van der Waals surface area contributed by atoms with Crippen LogP contribution in [0.25, 0.3) is 0 Å². The van der Waals surface area contributed by atoms with E-state index in [1.165, 1.54) is 0 Å². The van der Waals surface area contributed by atoms with E-state index in [2.05, 4.69) is 10.5 Å². The first-order valence-corrected chi connectivity index (χ1v) is 7.33. The van der Waals surface area contributed by atoms with Crippen molar-refractivity contribution in [3.8, 4) is 0 Å². The van der Waals surface area contributed by atoms with Gasteiger partial charge < -0.3 is 9.84 Å². The van der Waals surface area contributed by atoms with Gasteiger partial charge in [-0.2, -0.15) is 0 Å².